The third kappa shape index (κ3) is 6.65. The van der Waals surface area contributed by atoms with Gasteiger partial charge in [-0.2, -0.15) is 0 Å². The molecule has 30 heavy (non-hydrogen) atoms. The van der Waals surface area contributed by atoms with Gasteiger partial charge in [0.05, 0.1) is 6.54 Å². The van der Waals surface area contributed by atoms with E-state index in [-0.39, 0.29) is 18.5 Å². The largest absolute Gasteiger partial charge is 0.353 e. The molecule has 0 saturated carbocycles. The van der Waals surface area contributed by atoms with Gasteiger partial charge in [-0.05, 0) is 49.9 Å². The summed E-state index contributed by atoms with van der Waals surface area (Å²) in [5, 5.41) is 2.97. The normalized spacial score (nSPS) is 10.9. The molecule has 0 aliphatic heterocycles. The monoisotopic (exact) mass is 412 g/mol. The molecule has 0 aliphatic rings. The van der Waals surface area contributed by atoms with Gasteiger partial charge in [0.15, 0.2) is 0 Å². The van der Waals surface area contributed by atoms with Crippen LogP contribution in [0.4, 0.5) is 10.5 Å². The Bertz CT molecular complexity index is 857. The second-order valence-corrected chi connectivity index (χ2v) is 8.45. The Morgan fingerprint density at radius 2 is 1.87 bits per heavy atom. The maximum atomic E-state index is 13.2. The molecule has 1 aromatic heterocycles. The Labute approximate surface area is 180 Å². The number of urea groups is 1. The Morgan fingerprint density at radius 3 is 2.43 bits per heavy atom. The van der Waals surface area contributed by atoms with Crippen LogP contribution in [0.25, 0.3) is 0 Å². The van der Waals surface area contributed by atoms with Crippen LogP contribution < -0.4 is 5.32 Å². The van der Waals surface area contributed by atoms with Crippen molar-refractivity contribution in [3.05, 3.63) is 53.3 Å². The predicted molar refractivity (Wildman–Crippen MR) is 122 cm³/mol. The molecule has 164 valence electrons. The van der Waals surface area contributed by atoms with E-state index in [9.17, 15) is 9.59 Å². The molecule has 0 saturated heterocycles. The summed E-state index contributed by atoms with van der Waals surface area (Å²) in [7, 11) is 1.98. The first-order chi connectivity index (χ1) is 14.2. The van der Waals surface area contributed by atoms with Crippen molar-refractivity contribution < 1.29 is 9.59 Å². The van der Waals surface area contributed by atoms with E-state index < -0.39 is 0 Å². The number of benzene rings is 1. The van der Waals surface area contributed by atoms with Crippen molar-refractivity contribution in [2.45, 2.75) is 47.6 Å². The lowest BCUT2D eigenvalue weighted by Gasteiger charge is -2.29. The molecule has 1 heterocycles. The molecular weight excluding hydrogens is 376 g/mol. The molecule has 0 bridgehead atoms. The van der Waals surface area contributed by atoms with Gasteiger partial charge in [0, 0.05) is 37.7 Å². The van der Waals surface area contributed by atoms with E-state index in [0.717, 1.165) is 28.9 Å². The van der Waals surface area contributed by atoms with Crippen LogP contribution in [0.3, 0.4) is 0 Å². The zero-order chi connectivity index (χ0) is 22.3. The number of nitrogens with one attached hydrogen (secondary N) is 1. The fourth-order valence-corrected chi connectivity index (χ4v) is 3.49. The van der Waals surface area contributed by atoms with Crippen LogP contribution in [-0.4, -0.2) is 45.9 Å². The molecule has 0 aliphatic carbocycles. The van der Waals surface area contributed by atoms with Crippen LogP contribution >= 0.6 is 0 Å². The molecule has 0 fully saturated rings. The van der Waals surface area contributed by atoms with Crippen molar-refractivity contribution in [2.75, 3.05) is 25.0 Å². The number of aryl methyl sites for hydroxylation is 3. The topological polar surface area (TPSA) is 57.6 Å². The van der Waals surface area contributed by atoms with E-state index in [1.54, 1.807) is 4.90 Å². The summed E-state index contributed by atoms with van der Waals surface area (Å²) in [4.78, 5) is 29.6. The minimum Gasteiger partial charge on any atom is -0.353 e. The number of carbonyl (C=O) groups is 2. The summed E-state index contributed by atoms with van der Waals surface area (Å²) in [5.74, 6) is 0.312. The van der Waals surface area contributed by atoms with Gasteiger partial charge in [0.2, 0.25) is 5.91 Å². The highest BCUT2D eigenvalue weighted by Crippen LogP contribution is 2.17. The number of anilines is 1. The Hall–Kier alpha value is -2.76. The summed E-state index contributed by atoms with van der Waals surface area (Å²) in [6, 6.07) is 9.69. The molecule has 3 amide bonds. The third-order valence-corrected chi connectivity index (χ3v) is 5.07. The third-order valence-electron chi connectivity index (χ3n) is 5.07. The standard InChI is InChI=1S/C24H36N4O2/c1-7-12-27(24(30)25-22-11-10-19(4)14-20(22)5)17-23(29)28(15-18(2)3)16-21-9-8-13-26(21)6/h8-11,13-14,18H,7,12,15-17H2,1-6H3,(H,25,30). The highest BCUT2D eigenvalue weighted by molar-refractivity contribution is 5.93. The van der Waals surface area contributed by atoms with E-state index in [1.807, 2.05) is 73.8 Å². The molecule has 0 unspecified atom stereocenters. The lowest BCUT2D eigenvalue weighted by atomic mass is 10.1. The highest BCUT2D eigenvalue weighted by atomic mass is 16.2. The number of carbonyl (C=O) groups excluding carboxylic acids is 2. The average Bonchev–Trinajstić information content (AvgIpc) is 3.07. The minimum absolute atomic E-state index is 0.0332. The van der Waals surface area contributed by atoms with Crippen molar-refractivity contribution in [2.24, 2.45) is 13.0 Å². The summed E-state index contributed by atoms with van der Waals surface area (Å²) in [5.41, 5.74) is 4.01. The summed E-state index contributed by atoms with van der Waals surface area (Å²) >= 11 is 0. The van der Waals surface area contributed by atoms with Gasteiger partial charge in [-0.1, -0.05) is 38.5 Å². The van der Waals surface area contributed by atoms with Crippen molar-refractivity contribution in [3.63, 3.8) is 0 Å². The van der Waals surface area contributed by atoms with E-state index in [2.05, 4.69) is 19.2 Å². The number of hydrogen-bond donors (Lipinski definition) is 1. The SMILES string of the molecule is CCCN(CC(=O)N(Cc1cccn1C)CC(C)C)C(=O)Nc1ccc(C)cc1C. The quantitative estimate of drug-likeness (QED) is 0.656. The molecule has 6 nitrogen and oxygen atoms in total. The highest BCUT2D eigenvalue weighted by Gasteiger charge is 2.22. The van der Waals surface area contributed by atoms with Crippen molar-refractivity contribution in [1.82, 2.24) is 14.4 Å². The maximum absolute atomic E-state index is 13.2. The van der Waals surface area contributed by atoms with Crippen molar-refractivity contribution in [1.29, 1.82) is 0 Å². The first kappa shape index (κ1) is 23.5. The van der Waals surface area contributed by atoms with Crippen LogP contribution in [0.5, 0.6) is 0 Å². The van der Waals surface area contributed by atoms with Crippen LogP contribution in [0, 0.1) is 19.8 Å². The molecule has 1 aromatic carbocycles. The molecule has 0 spiro atoms. The van der Waals surface area contributed by atoms with Crippen molar-refractivity contribution >= 4 is 17.6 Å². The zero-order valence-corrected chi connectivity index (χ0v) is 19.2. The van der Waals surface area contributed by atoms with E-state index >= 15 is 0 Å². The molecule has 1 N–H and O–H groups in total. The Morgan fingerprint density at radius 1 is 1.13 bits per heavy atom. The average molecular weight is 413 g/mol. The van der Waals surface area contributed by atoms with Gasteiger partial charge < -0.3 is 19.7 Å². The maximum Gasteiger partial charge on any atom is 0.322 e. The fourth-order valence-electron chi connectivity index (χ4n) is 3.49. The van der Waals surface area contributed by atoms with E-state index in [4.69, 9.17) is 0 Å². The number of nitrogens with zero attached hydrogens (tertiary/aromatic N) is 3. The van der Waals surface area contributed by atoms with E-state index in [1.165, 1.54) is 0 Å². The fraction of sp³-hybridized carbons (Fsp3) is 0.500. The first-order valence-electron chi connectivity index (χ1n) is 10.7. The summed E-state index contributed by atoms with van der Waals surface area (Å²) in [6.07, 6.45) is 2.77. The van der Waals surface area contributed by atoms with Gasteiger partial charge in [0.1, 0.15) is 6.54 Å². The summed E-state index contributed by atoms with van der Waals surface area (Å²) < 4.78 is 2.03. The van der Waals surface area contributed by atoms with E-state index in [0.29, 0.717) is 25.6 Å². The Balaban J connectivity index is 2.12. The second-order valence-electron chi connectivity index (χ2n) is 8.45. The van der Waals surface area contributed by atoms with Crippen LogP contribution in [0.15, 0.2) is 36.5 Å². The molecule has 2 rings (SSSR count). The molecule has 0 atom stereocenters. The van der Waals surface area contributed by atoms with Crippen LogP contribution in [0.1, 0.15) is 44.0 Å². The number of aromatic nitrogens is 1. The lowest BCUT2D eigenvalue weighted by molar-refractivity contribution is -0.133. The predicted octanol–water partition coefficient (Wildman–Crippen LogP) is 4.57. The number of amides is 3. The van der Waals surface area contributed by atoms with Crippen LogP contribution in [-0.2, 0) is 18.4 Å². The number of rotatable bonds is 9. The van der Waals surface area contributed by atoms with Gasteiger partial charge in [-0.15, -0.1) is 0 Å². The van der Waals surface area contributed by atoms with Gasteiger partial charge in [-0.25, -0.2) is 4.79 Å². The van der Waals surface area contributed by atoms with Crippen molar-refractivity contribution in [3.8, 4) is 0 Å². The number of hydrogen-bond acceptors (Lipinski definition) is 2. The minimum atomic E-state index is -0.236. The first-order valence-corrected chi connectivity index (χ1v) is 10.7. The van der Waals surface area contributed by atoms with Gasteiger partial charge in [0.25, 0.3) is 0 Å². The zero-order valence-electron chi connectivity index (χ0n) is 19.2. The second kappa shape index (κ2) is 10.9. The Kier molecular flexibility index (Phi) is 8.51. The smallest absolute Gasteiger partial charge is 0.322 e. The molecular formula is C24H36N4O2. The van der Waals surface area contributed by atoms with Gasteiger partial charge in [-0.3, -0.25) is 4.79 Å². The molecule has 0 radical (unpaired) electrons. The molecule has 6 heteroatoms. The van der Waals surface area contributed by atoms with Gasteiger partial charge >= 0.3 is 6.03 Å². The summed E-state index contributed by atoms with van der Waals surface area (Å²) in [6.45, 7) is 12.0. The molecule has 2 aromatic rings. The van der Waals surface area contributed by atoms with Crippen LogP contribution in [0.2, 0.25) is 0 Å². The lowest BCUT2D eigenvalue weighted by Crippen LogP contribution is -2.45.